The molecule has 2 aromatic rings. The van der Waals surface area contributed by atoms with Crippen LogP contribution >= 0.6 is 11.6 Å². The molecule has 4 nitrogen and oxygen atoms in total. The number of rotatable bonds is 3. The van der Waals surface area contributed by atoms with Crippen LogP contribution < -0.4 is 10.3 Å². The van der Waals surface area contributed by atoms with E-state index < -0.39 is 5.82 Å². The van der Waals surface area contributed by atoms with Crippen molar-refractivity contribution in [2.45, 2.75) is 5.88 Å². The van der Waals surface area contributed by atoms with Gasteiger partial charge >= 0.3 is 0 Å². The second kappa shape index (κ2) is 5.18. The lowest BCUT2D eigenvalue weighted by Gasteiger charge is -2.05. The first-order chi connectivity index (χ1) is 8.65. The van der Waals surface area contributed by atoms with Crippen LogP contribution in [-0.4, -0.2) is 17.1 Å². The quantitative estimate of drug-likeness (QED) is 0.869. The minimum absolute atomic E-state index is 0.0926. The van der Waals surface area contributed by atoms with Gasteiger partial charge in [0.25, 0.3) is 5.56 Å². The van der Waals surface area contributed by atoms with E-state index in [1.54, 1.807) is 0 Å². The molecule has 1 aromatic heterocycles. The maximum Gasteiger partial charge on any atom is 0.255 e. The fourth-order valence-corrected chi connectivity index (χ4v) is 1.66. The molecule has 0 aliphatic rings. The molecule has 18 heavy (non-hydrogen) atoms. The standard InChI is InChI=1S/C12H10ClFN2O2/c1-18-10-4-7(2-3-9(10)14)11-15-6-8(5-13)12(17)16-11/h2-4,6H,5H2,1H3,(H,15,16,17). The van der Waals surface area contributed by atoms with Crippen LogP contribution in [0.1, 0.15) is 5.56 Å². The van der Waals surface area contributed by atoms with Gasteiger partial charge in [-0.1, -0.05) is 0 Å². The van der Waals surface area contributed by atoms with Crippen molar-refractivity contribution in [1.82, 2.24) is 9.97 Å². The third kappa shape index (κ3) is 2.36. The Morgan fingerprint density at radius 2 is 2.28 bits per heavy atom. The van der Waals surface area contributed by atoms with Gasteiger partial charge in [0.1, 0.15) is 5.82 Å². The van der Waals surface area contributed by atoms with E-state index in [0.29, 0.717) is 17.0 Å². The second-order valence-corrected chi connectivity index (χ2v) is 3.84. The lowest BCUT2D eigenvalue weighted by molar-refractivity contribution is 0.386. The van der Waals surface area contributed by atoms with Crippen molar-refractivity contribution in [2.24, 2.45) is 0 Å². The average molecular weight is 269 g/mol. The number of alkyl halides is 1. The summed E-state index contributed by atoms with van der Waals surface area (Å²) in [5.74, 6) is 0.0553. The van der Waals surface area contributed by atoms with Crippen LogP contribution in [-0.2, 0) is 5.88 Å². The number of hydrogen-bond donors (Lipinski definition) is 1. The highest BCUT2D eigenvalue weighted by atomic mass is 35.5. The highest BCUT2D eigenvalue weighted by Crippen LogP contribution is 2.23. The smallest absolute Gasteiger partial charge is 0.255 e. The summed E-state index contributed by atoms with van der Waals surface area (Å²) in [6, 6.07) is 4.23. The zero-order valence-corrected chi connectivity index (χ0v) is 10.3. The Kier molecular flexibility index (Phi) is 3.62. The molecule has 0 fully saturated rings. The second-order valence-electron chi connectivity index (χ2n) is 3.57. The van der Waals surface area contributed by atoms with Crippen molar-refractivity contribution in [3.63, 3.8) is 0 Å². The van der Waals surface area contributed by atoms with Gasteiger partial charge in [0.05, 0.1) is 18.6 Å². The number of ether oxygens (including phenoxy) is 1. The van der Waals surface area contributed by atoms with E-state index >= 15 is 0 Å². The molecule has 0 aliphatic carbocycles. The van der Waals surface area contributed by atoms with E-state index in [-0.39, 0.29) is 17.2 Å². The lowest BCUT2D eigenvalue weighted by atomic mass is 10.2. The minimum Gasteiger partial charge on any atom is -0.494 e. The Morgan fingerprint density at radius 3 is 2.89 bits per heavy atom. The molecular formula is C12H10ClFN2O2. The Balaban J connectivity index is 2.49. The van der Waals surface area contributed by atoms with Gasteiger partial charge in [0.15, 0.2) is 11.6 Å². The van der Waals surface area contributed by atoms with Crippen LogP contribution in [0.25, 0.3) is 11.4 Å². The van der Waals surface area contributed by atoms with Crippen molar-refractivity contribution in [3.8, 4) is 17.1 Å². The van der Waals surface area contributed by atoms with E-state index in [2.05, 4.69) is 9.97 Å². The predicted octanol–water partition coefficient (Wildman–Crippen LogP) is 2.32. The molecular weight excluding hydrogens is 259 g/mol. The molecule has 0 amide bonds. The molecule has 0 saturated heterocycles. The zero-order chi connectivity index (χ0) is 13.1. The summed E-state index contributed by atoms with van der Waals surface area (Å²) in [5, 5.41) is 0. The number of benzene rings is 1. The number of H-pyrrole nitrogens is 1. The maximum atomic E-state index is 13.2. The van der Waals surface area contributed by atoms with E-state index in [9.17, 15) is 9.18 Å². The molecule has 0 aliphatic heterocycles. The topological polar surface area (TPSA) is 55.0 Å². The van der Waals surface area contributed by atoms with Crippen LogP contribution in [0.2, 0.25) is 0 Å². The monoisotopic (exact) mass is 268 g/mol. The predicted molar refractivity (Wildman–Crippen MR) is 66.4 cm³/mol. The summed E-state index contributed by atoms with van der Waals surface area (Å²) >= 11 is 5.57. The number of methoxy groups -OCH3 is 1. The molecule has 0 spiro atoms. The molecule has 6 heteroatoms. The zero-order valence-electron chi connectivity index (χ0n) is 9.54. The van der Waals surface area contributed by atoms with E-state index in [0.717, 1.165) is 0 Å². The molecule has 1 N–H and O–H groups in total. The van der Waals surface area contributed by atoms with Gasteiger partial charge in [-0.05, 0) is 18.2 Å². The van der Waals surface area contributed by atoms with Crippen LogP contribution in [0, 0.1) is 5.82 Å². The third-order valence-corrected chi connectivity index (χ3v) is 2.73. The van der Waals surface area contributed by atoms with Crippen LogP contribution in [0.5, 0.6) is 5.75 Å². The maximum absolute atomic E-state index is 13.2. The fourth-order valence-electron chi connectivity index (χ4n) is 1.47. The van der Waals surface area contributed by atoms with Gasteiger partial charge < -0.3 is 9.72 Å². The summed E-state index contributed by atoms with van der Waals surface area (Å²) in [6.07, 6.45) is 1.40. The number of hydrogen-bond acceptors (Lipinski definition) is 3. The van der Waals surface area contributed by atoms with Crippen molar-refractivity contribution < 1.29 is 9.13 Å². The Morgan fingerprint density at radius 1 is 1.50 bits per heavy atom. The normalized spacial score (nSPS) is 10.4. The van der Waals surface area contributed by atoms with Crippen LogP contribution in [0.15, 0.2) is 29.2 Å². The highest BCUT2D eigenvalue weighted by molar-refractivity contribution is 6.17. The van der Waals surface area contributed by atoms with E-state index in [1.165, 1.54) is 31.5 Å². The summed E-state index contributed by atoms with van der Waals surface area (Å²) in [5.41, 5.74) is 0.638. The molecule has 0 radical (unpaired) electrons. The van der Waals surface area contributed by atoms with Crippen molar-refractivity contribution in [1.29, 1.82) is 0 Å². The SMILES string of the molecule is COc1cc(-c2ncc(CCl)c(=O)[nH]2)ccc1F. The number of halogens is 2. The fraction of sp³-hybridized carbons (Fsp3) is 0.167. The summed E-state index contributed by atoms with van der Waals surface area (Å²) in [7, 11) is 1.37. The largest absolute Gasteiger partial charge is 0.494 e. The van der Waals surface area contributed by atoms with Crippen molar-refractivity contribution >= 4 is 11.6 Å². The summed E-state index contributed by atoms with van der Waals surface area (Å²) in [4.78, 5) is 18.2. The van der Waals surface area contributed by atoms with Gasteiger partial charge in [-0.2, -0.15) is 0 Å². The first-order valence-corrected chi connectivity index (χ1v) is 5.67. The number of nitrogens with zero attached hydrogens (tertiary/aromatic N) is 1. The number of aromatic amines is 1. The molecule has 1 heterocycles. The third-order valence-electron chi connectivity index (χ3n) is 2.44. The molecule has 1 aromatic carbocycles. The minimum atomic E-state index is -0.471. The van der Waals surface area contributed by atoms with Crippen molar-refractivity contribution in [3.05, 3.63) is 46.1 Å². The first-order valence-electron chi connectivity index (χ1n) is 5.13. The lowest BCUT2D eigenvalue weighted by Crippen LogP contribution is -2.13. The van der Waals surface area contributed by atoms with Gasteiger partial charge in [-0.15, -0.1) is 11.6 Å². The van der Waals surface area contributed by atoms with Gasteiger partial charge in [-0.25, -0.2) is 9.37 Å². The van der Waals surface area contributed by atoms with Gasteiger partial charge in [0, 0.05) is 11.8 Å². The molecule has 0 unspecified atom stereocenters. The Bertz CT molecular complexity index is 628. The summed E-state index contributed by atoms with van der Waals surface area (Å²) < 4.78 is 18.1. The van der Waals surface area contributed by atoms with E-state index in [1.807, 2.05) is 0 Å². The highest BCUT2D eigenvalue weighted by Gasteiger charge is 2.08. The number of aromatic nitrogens is 2. The molecule has 2 rings (SSSR count). The molecule has 94 valence electrons. The van der Waals surface area contributed by atoms with Crippen LogP contribution in [0.4, 0.5) is 4.39 Å². The summed E-state index contributed by atoms with van der Waals surface area (Å²) in [6.45, 7) is 0. The van der Waals surface area contributed by atoms with Crippen LogP contribution in [0.3, 0.4) is 0 Å². The van der Waals surface area contributed by atoms with Crippen molar-refractivity contribution in [2.75, 3.05) is 7.11 Å². The molecule has 0 atom stereocenters. The molecule has 0 saturated carbocycles. The van der Waals surface area contributed by atoms with Gasteiger partial charge in [0.2, 0.25) is 0 Å². The Labute approximate surface area is 107 Å². The Hall–Kier alpha value is -1.88. The first kappa shape index (κ1) is 12.6. The average Bonchev–Trinajstić information content (AvgIpc) is 2.39. The molecule has 0 bridgehead atoms. The van der Waals surface area contributed by atoms with Gasteiger partial charge in [-0.3, -0.25) is 4.79 Å². The number of nitrogens with one attached hydrogen (secondary N) is 1. The van der Waals surface area contributed by atoms with E-state index in [4.69, 9.17) is 16.3 Å².